The van der Waals surface area contributed by atoms with Crippen molar-refractivity contribution in [1.82, 2.24) is 5.32 Å². The minimum absolute atomic E-state index is 0.0340. The summed E-state index contributed by atoms with van der Waals surface area (Å²) in [6.45, 7) is 2.10. The first-order valence-corrected chi connectivity index (χ1v) is 6.12. The van der Waals surface area contributed by atoms with E-state index >= 15 is 0 Å². The van der Waals surface area contributed by atoms with Gasteiger partial charge in [-0.3, -0.25) is 9.59 Å². The Balaban J connectivity index is 2.10. The van der Waals surface area contributed by atoms with Crippen LogP contribution < -0.4 is 15.4 Å². The third kappa shape index (κ3) is 3.03. The highest BCUT2D eigenvalue weighted by molar-refractivity contribution is 6.00. The van der Waals surface area contributed by atoms with Crippen LogP contribution in [-0.4, -0.2) is 36.2 Å². The van der Waals surface area contributed by atoms with Crippen LogP contribution in [-0.2, 0) is 4.79 Å². The van der Waals surface area contributed by atoms with Crippen LogP contribution >= 0.6 is 0 Å². The van der Waals surface area contributed by atoms with Gasteiger partial charge in [0.2, 0.25) is 0 Å². The Kier molecular flexibility index (Phi) is 4.01. The second-order valence-electron chi connectivity index (χ2n) is 4.29. The number of aliphatic hydroxyl groups excluding tert-OH is 1. The average molecular weight is 264 g/mol. The summed E-state index contributed by atoms with van der Waals surface area (Å²) in [7, 11) is 0. The summed E-state index contributed by atoms with van der Waals surface area (Å²) in [5, 5.41) is 14.0. The van der Waals surface area contributed by atoms with E-state index in [1.165, 1.54) is 0 Å². The summed E-state index contributed by atoms with van der Waals surface area (Å²) >= 11 is 0. The number of hydrogen-bond acceptors (Lipinski definition) is 4. The van der Waals surface area contributed by atoms with Crippen molar-refractivity contribution in [2.75, 3.05) is 18.5 Å². The first-order chi connectivity index (χ1) is 9.11. The maximum absolute atomic E-state index is 11.8. The van der Waals surface area contributed by atoms with E-state index in [1.807, 2.05) is 0 Å². The summed E-state index contributed by atoms with van der Waals surface area (Å²) < 4.78 is 5.40. The molecule has 0 aromatic heterocycles. The number of carbonyl (C=O) groups excluding carboxylic acids is 2. The second kappa shape index (κ2) is 5.71. The molecule has 2 rings (SSSR count). The Bertz CT molecular complexity index is 501. The van der Waals surface area contributed by atoms with Crippen molar-refractivity contribution in [3.63, 3.8) is 0 Å². The number of aliphatic hydroxyl groups is 1. The highest BCUT2D eigenvalue weighted by Crippen LogP contribution is 2.30. The molecule has 19 heavy (non-hydrogen) atoms. The van der Waals surface area contributed by atoms with Gasteiger partial charge in [-0.2, -0.15) is 0 Å². The zero-order valence-corrected chi connectivity index (χ0v) is 10.6. The number of hydrogen-bond donors (Lipinski definition) is 3. The van der Waals surface area contributed by atoms with Gasteiger partial charge < -0.3 is 20.5 Å². The van der Waals surface area contributed by atoms with E-state index in [4.69, 9.17) is 9.84 Å². The van der Waals surface area contributed by atoms with Crippen molar-refractivity contribution in [3.05, 3.63) is 23.8 Å². The fraction of sp³-hybridized carbons (Fsp3) is 0.385. The predicted octanol–water partition coefficient (Wildman–Crippen LogP) is 0.518. The molecule has 1 aromatic rings. The molecule has 6 heteroatoms. The molecular weight excluding hydrogens is 248 g/mol. The zero-order valence-electron chi connectivity index (χ0n) is 10.6. The zero-order chi connectivity index (χ0) is 13.8. The Morgan fingerprint density at radius 3 is 3.05 bits per heavy atom. The molecule has 0 fully saturated rings. The van der Waals surface area contributed by atoms with Crippen molar-refractivity contribution < 1.29 is 19.4 Å². The van der Waals surface area contributed by atoms with Crippen LogP contribution in [0.15, 0.2) is 18.2 Å². The Labute approximate surface area is 110 Å². The van der Waals surface area contributed by atoms with Crippen molar-refractivity contribution in [2.24, 2.45) is 0 Å². The molecule has 0 radical (unpaired) electrons. The first kappa shape index (κ1) is 13.4. The monoisotopic (exact) mass is 264 g/mol. The van der Waals surface area contributed by atoms with E-state index in [1.54, 1.807) is 25.1 Å². The molecule has 0 aliphatic carbocycles. The largest absolute Gasteiger partial charge is 0.479 e. The third-order valence-electron chi connectivity index (χ3n) is 2.79. The van der Waals surface area contributed by atoms with E-state index in [0.29, 0.717) is 30.0 Å². The summed E-state index contributed by atoms with van der Waals surface area (Å²) in [5.41, 5.74) is 0.938. The molecule has 3 N–H and O–H groups in total. The van der Waals surface area contributed by atoms with E-state index in [-0.39, 0.29) is 18.4 Å². The van der Waals surface area contributed by atoms with Crippen LogP contribution in [0.25, 0.3) is 0 Å². The lowest BCUT2D eigenvalue weighted by Crippen LogP contribution is -2.34. The van der Waals surface area contributed by atoms with Crippen molar-refractivity contribution in [1.29, 1.82) is 0 Å². The average Bonchev–Trinajstić information content (AvgIpc) is 2.40. The minimum atomic E-state index is -0.531. The van der Waals surface area contributed by atoms with Gasteiger partial charge in [0, 0.05) is 18.7 Å². The molecule has 2 amide bonds. The number of nitrogens with one attached hydrogen (secondary N) is 2. The van der Waals surface area contributed by atoms with Gasteiger partial charge in [0.1, 0.15) is 5.75 Å². The molecule has 1 aliphatic rings. The highest BCUT2D eigenvalue weighted by atomic mass is 16.5. The number of benzene rings is 1. The van der Waals surface area contributed by atoms with E-state index in [9.17, 15) is 9.59 Å². The standard InChI is InChI=1S/C13H16N2O4/c1-8-12(17)15-10-7-9(3-4-11(10)19-8)13(18)14-5-2-6-16/h3-4,7-8,16H,2,5-6H2,1H3,(H,14,18)(H,15,17). The number of anilines is 1. The van der Waals surface area contributed by atoms with Crippen LogP contribution in [0.1, 0.15) is 23.7 Å². The van der Waals surface area contributed by atoms with Gasteiger partial charge in [-0.25, -0.2) is 0 Å². The molecule has 0 spiro atoms. The van der Waals surface area contributed by atoms with E-state index < -0.39 is 6.10 Å². The SMILES string of the molecule is CC1Oc2ccc(C(=O)NCCCO)cc2NC1=O. The lowest BCUT2D eigenvalue weighted by molar-refractivity contribution is -0.122. The van der Waals surface area contributed by atoms with Crippen molar-refractivity contribution in [2.45, 2.75) is 19.4 Å². The fourth-order valence-electron chi connectivity index (χ4n) is 1.73. The van der Waals surface area contributed by atoms with Gasteiger partial charge in [0.05, 0.1) is 5.69 Å². The molecule has 102 valence electrons. The Morgan fingerprint density at radius 1 is 1.53 bits per heavy atom. The second-order valence-corrected chi connectivity index (χ2v) is 4.29. The van der Waals surface area contributed by atoms with Crippen molar-refractivity contribution >= 4 is 17.5 Å². The van der Waals surface area contributed by atoms with Gasteiger partial charge in [0.15, 0.2) is 6.10 Å². The van der Waals surface area contributed by atoms with E-state index in [0.717, 1.165) is 0 Å². The van der Waals surface area contributed by atoms with Crippen molar-refractivity contribution in [3.8, 4) is 5.75 Å². The number of amides is 2. The van der Waals surface area contributed by atoms with Gasteiger partial charge in [-0.05, 0) is 31.5 Å². The summed E-state index contributed by atoms with van der Waals surface area (Å²) in [6, 6.07) is 4.87. The Hall–Kier alpha value is -2.08. The maximum Gasteiger partial charge on any atom is 0.265 e. The lowest BCUT2D eigenvalue weighted by Gasteiger charge is -2.23. The van der Waals surface area contributed by atoms with Gasteiger partial charge in [0.25, 0.3) is 11.8 Å². The highest BCUT2D eigenvalue weighted by Gasteiger charge is 2.24. The maximum atomic E-state index is 11.8. The topological polar surface area (TPSA) is 87.7 Å². The number of carbonyl (C=O) groups is 2. The quantitative estimate of drug-likeness (QED) is 0.692. The third-order valence-corrected chi connectivity index (χ3v) is 2.79. The van der Waals surface area contributed by atoms with Crippen LogP contribution in [0.4, 0.5) is 5.69 Å². The lowest BCUT2D eigenvalue weighted by atomic mass is 10.1. The molecule has 1 aromatic carbocycles. The minimum Gasteiger partial charge on any atom is -0.479 e. The molecular formula is C13H16N2O4. The normalized spacial score (nSPS) is 17.2. The fourth-order valence-corrected chi connectivity index (χ4v) is 1.73. The summed E-state index contributed by atoms with van der Waals surface area (Å²) in [5.74, 6) is 0.0773. The molecule has 6 nitrogen and oxygen atoms in total. The molecule has 1 atom stereocenters. The molecule has 0 saturated carbocycles. The van der Waals surface area contributed by atoms with Crippen LogP contribution in [0.2, 0.25) is 0 Å². The van der Waals surface area contributed by atoms with Crippen LogP contribution in [0, 0.1) is 0 Å². The van der Waals surface area contributed by atoms with E-state index in [2.05, 4.69) is 10.6 Å². The first-order valence-electron chi connectivity index (χ1n) is 6.12. The number of ether oxygens (including phenoxy) is 1. The number of rotatable bonds is 4. The predicted molar refractivity (Wildman–Crippen MR) is 69.2 cm³/mol. The van der Waals surface area contributed by atoms with Crippen LogP contribution in [0.5, 0.6) is 5.75 Å². The molecule has 1 unspecified atom stereocenters. The van der Waals surface area contributed by atoms with Crippen LogP contribution in [0.3, 0.4) is 0 Å². The van der Waals surface area contributed by atoms with Gasteiger partial charge in [-0.15, -0.1) is 0 Å². The molecule has 1 aliphatic heterocycles. The molecule has 0 bridgehead atoms. The summed E-state index contributed by atoms with van der Waals surface area (Å²) in [6.07, 6.45) is -0.0228. The smallest absolute Gasteiger partial charge is 0.265 e. The van der Waals surface area contributed by atoms with Gasteiger partial charge >= 0.3 is 0 Å². The summed E-state index contributed by atoms with van der Waals surface area (Å²) in [4.78, 5) is 23.3. The number of fused-ring (bicyclic) bond motifs is 1. The Morgan fingerprint density at radius 2 is 2.32 bits per heavy atom. The molecule has 1 heterocycles. The van der Waals surface area contributed by atoms with Gasteiger partial charge in [-0.1, -0.05) is 0 Å². The molecule has 0 saturated heterocycles.